The third-order valence-corrected chi connectivity index (χ3v) is 4.24. The highest BCUT2D eigenvalue weighted by atomic mass is 35.5. The summed E-state index contributed by atoms with van der Waals surface area (Å²) in [5.74, 6) is 1.04. The maximum absolute atomic E-state index is 5.94. The van der Waals surface area contributed by atoms with Gasteiger partial charge in [0, 0.05) is 13.2 Å². The Bertz CT molecular complexity index is 322. The van der Waals surface area contributed by atoms with E-state index in [9.17, 15) is 0 Å². The van der Waals surface area contributed by atoms with Gasteiger partial charge in [0.25, 0.3) is 0 Å². The molecule has 0 spiro atoms. The van der Waals surface area contributed by atoms with Crippen LogP contribution in [-0.4, -0.2) is 28.7 Å². The van der Waals surface area contributed by atoms with Gasteiger partial charge in [-0.15, -0.1) is 11.8 Å². The third kappa shape index (κ3) is 1.75. The van der Waals surface area contributed by atoms with Gasteiger partial charge in [-0.05, 0) is 12.3 Å². The predicted octanol–water partition coefficient (Wildman–Crippen LogP) is 2.69. The maximum Gasteiger partial charge on any atom is 0.148 e. The number of amidine groups is 1. The predicted molar refractivity (Wildman–Crippen MR) is 62.1 cm³/mol. The fourth-order valence-corrected chi connectivity index (χ4v) is 3.31. The van der Waals surface area contributed by atoms with Crippen molar-refractivity contribution in [3.63, 3.8) is 0 Å². The first-order valence-corrected chi connectivity index (χ1v) is 6.35. The SMILES string of the molecule is CSC1N=C2C(=CC(Cl)=CN2C)S1. The van der Waals surface area contributed by atoms with Crippen LogP contribution in [0.25, 0.3) is 0 Å². The topological polar surface area (TPSA) is 15.6 Å². The Balaban J connectivity index is 2.30. The molecular formula is C8H9ClN2S2. The lowest BCUT2D eigenvalue weighted by molar-refractivity contribution is 0.684. The van der Waals surface area contributed by atoms with E-state index in [1.54, 1.807) is 23.5 Å². The minimum Gasteiger partial charge on any atom is -0.334 e. The minimum absolute atomic E-state index is 0.291. The van der Waals surface area contributed by atoms with Gasteiger partial charge in [-0.1, -0.05) is 23.4 Å². The molecule has 0 N–H and O–H groups in total. The van der Waals surface area contributed by atoms with E-state index in [1.165, 1.54) is 4.91 Å². The molecule has 5 heteroatoms. The number of halogens is 1. The Morgan fingerprint density at radius 3 is 3.15 bits per heavy atom. The van der Waals surface area contributed by atoms with Gasteiger partial charge in [-0.3, -0.25) is 0 Å². The Morgan fingerprint density at radius 2 is 2.46 bits per heavy atom. The van der Waals surface area contributed by atoms with E-state index in [4.69, 9.17) is 11.6 Å². The summed E-state index contributed by atoms with van der Waals surface area (Å²) in [4.78, 5) is 7.69. The molecule has 2 heterocycles. The number of rotatable bonds is 1. The van der Waals surface area contributed by atoms with Crippen molar-refractivity contribution in [2.45, 2.75) is 4.71 Å². The van der Waals surface area contributed by atoms with E-state index in [1.807, 2.05) is 24.2 Å². The number of thioether (sulfide) groups is 2. The smallest absolute Gasteiger partial charge is 0.148 e. The van der Waals surface area contributed by atoms with Crippen molar-refractivity contribution in [3.05, 3.63) is 22.2 Å². The molecule has 0 amide bonds. The van der Waals surface area contributed by atoms with E-state index in [0.717, 1.165) is 10.9 Å². The summed E-state index contributed by atoms with van der Waals surface area (Å²) in [7, 11) is 1.97. The first kappa shape index (κ1) is 9.49. The van der Waals surface area contributed by atoms with E-state index < -0.39 is 0 Å². The molecule has 2 rings (SSSR count). The highest BCUT2D eigenvalue weighted by Crippen LogP contribution is 2.40. The zero-order valence-corrected chi connectivity index (χ0v) is 9.71. The summed E-state index contributed by atoms with van der Waals surface area (Å²) in [6, 6.07) is 0. The summed E-state index contributed by atoms with van der Waals surface area (Å²) < 4.78 is 0.291. The van der Waals surface area contributed by atoms with Crippen LogP contribution in [0.2, 0.25) is 0 Å². The number of hydrogen-bond donors (Lipinski definition) is 0. The second-order valence-corrected chi connectivity index (χ2v) is 5.52. The fraction of sp³-hybridized carbons (Fsp3) is 0.375. The van der Waals surface area contributed by atoms with Crippen LogP contribution in [0.15, 0.2) is 27.2 Å². The zero-order chi connectivity index (χ0) is 9.42. The molecule has 2 aliphatic heterocycles. The van der Waals surface area contributed by atoms with Crippen molar-refractivity contribution in [1.82, 2.24) is 4.90 Å². The second-order valence-electron chi connectivity index (χ2n) is 2.75. The van der Waals surface area contributed by atoms with Crippen molar-refractivity contribution < 1.29 is 0 Å². The van der Waals surface area contributed by atoms with E-state index >= 15 is 0 Å². The van der Waals surface area contributed by atoms with E-state index in [0.29, 0.717) is 4.71 Å². The zero-order valence-electron chi connectivity index (χ0n) is 7.32. The van der Waals surface area contributed by atoms with Crippen LogP contribution < -0.4 is 0 Å². The molecule has 0 saturated heterocycles. The molecule has 1 unspecified atom stereocenters. The van der Waals surface area contributed by atoms with Gasteiger partial charge in [0.05, 0.1) is 9.94 Å². The number of fused-ring (bicyclic) bond motifs is 1. The third-order valence-electron chi connectivity index (χ3n) is 1.80. The Labute approximate surface area is 91.1 Å². The van der Waals surface area contributed by atoms with Crippen molar-refractivity contribution in [2.24, 2.45) is 4.99 Å². The lowest BCUT2D eigenvalue weighted by Gasteiger charge is -2.18. The molecule has 2 aliphatic rings. The Hall–Kier alpha value is -0.0600. The molecule has 0 aromatic carbocycles. The molecule has 0 aromatic heterocycles. The summed E-state index contributed by atoms with van der Waals surface area (Å²) in [6.07, 6.45) is 5.92. The van der Waals surface area contributed by atoms with E-state index in [-0.39, 0.29) is 0 Å². The Kier molecular flexibility index (Phi) is 2.62. The van der Waals surface area contributed by atoms with Gasteiger partial charge in [0.1, 0.15) is 10.5 Å². The van der Waals surface area contributed by atoms with Gasteiger partial charge in [-0.25, -0.2) is 4.99 Å². The van der Waals surface area contributed by atoms with Crippen LogP contribution in [0.5, 0.6) is 0 Å². The molecule has 0 bridgehead atoms. The fourth-order valence-electron chi connectivity index (χ4n) is 1.22. The molecule has 0 saturated carbocycles. The van der Waals surface area contributed by atoms with Gasteiger partial charge >= 0.3 is 0 Å². The number of aliphatic imine (C=N–C) groups is 1. The molecule has 1 atom stereocenters. The summed E-state index contributed by atoms with van der Waals surface area (Å²) >= 11 is 9.44. The normalized spacial score (nSPS) is 26.5. The lowest BCUT2D eigenvalue weighted by atomic mass is 10.3. The molecular weight excluding hydrogens is 224 g/mol. The van der Waals surface area contributed by atoms with Crippen molar-refractivity contribution in [3.8, 4) is 0 Å². The monoisotopic (exact) mass is 232 g/mol. The minimum atomic E-state index is 0.291. The largest absolute Gasteiger partial charge is 0.334 e. The molecule has 0 aromatic rings. The van der Waals surface area contributed by atoms with Gasteiger partial charge in [0.2, 0.25) is 0 Å². The van der Waals surface area contributed by atoms with Gasteiger partial charge in [0.15, 0.2) is 0 Å². The average Bonchev–Trinajstić information content (AvgIpc) is 2.47. The van der Waals surface area contributed by atoms with Crippen LogP contribution in [0.1, 0.15) is 0 Å². The second kappa shape index (κ2) is 3.59. The maximum atomic E-state index is 5.94. The summed E-state index contributed by atoms with van der Waals surface area (Å²) in [5.41, 5.74) is 0. The van der Waals surface area contributed by atoms with Crippen LogP contribution in [0, 0.1) is 0 Å². The summed E-state index contributed by atoms with van der Waals surface area (Å²) in [6.45, 7) is 0. The lowest BCUT2D eigenvalue weighted by Crippen LogP contribution is -2.22. The number of hydrogen-bond acceptors (Lipinski definition) is 4. The van der Waals surface area contributed by atoms with E-state index in [2.05, 4.69) is 11.2 Å². The molecule has 0 radical (unpaired) electrons. The quantitative estimate of drug-likeness (QED) is 0.692. The van der Waals surface area contributed by atoms with Crippen LogP contribution in [-0.2, 0) is 0 Å². The Morgan fingerprint density at radius 1 is 1.69 bits per heavy atom. The molecule has 70 valence electrons. The molecule has 2 nitrogen and oxygen atoms in total. The van der Waals surface area contributed by atoms with Crippen LogP contribution >= 0.6 is 35.1 Å². The first-order valence-electron chi connectivity index (χ1n) is 3.80. The van der Waals surface area contributed by atoms with Crippen molar-refractivity contribution in [1.29, 1.82) is 0 Å². The van der Waals surface area contributed by atoms with Crippen LogP contribution in [0.3, 0.4) is 0 Å². The standard InChI is InChI=1S/C8H9ClN2S2/c1-11-4-5(9)3-6-7(11)10-8(12-2)13-6/h3-4,8H,1-2H3. The highest BCUT2D eigenvalue weighted by molar-refractivity contribution is 8.19. The van der Waals surface area contributed by atoms with Crippen molar-refractivity contribution >= 4 is 41.0 Å². The molecule has 0 fully saturated rings. The number of nitrogens with zero attached hydrogens (tertiary/aromatic N) is 2. The summed E-state index contributed by atoms with van der Waals surface area (Å²) in [5, 5.41) is 0.769. The molecule has 13 heavy (non-hydrogen) atoms. The number of likely N-dealkylation sites (N-methyl/N-ethyl adjacent to an activating group) is 1. The molecule has 0 aliphatic carbocycles. The van der Waals surface area contributed by atoms with Crippen molar-refractivity contribution in [2.75, 3.05) is 13.3 Å². The van der Waals surface area contributed by atoms with Gasteiger partial charge < -0.3 is 4.90 Å². The first-order chi connectivity index (χ1) is 6.20. The van der Waals surface area contributed by atoms with Gasteiger partial charge in [-0.2, -0.15) is 0 Å². The average molecular weight is 233 g/mol. The van der Waals surface area contributed by atoms with Crippen LogP contribution in [0.4, 0.5) is 0 Å². The highest BCUT2D eigenvalue weighted by Gasteiger charge is 2.27. The number of allylic oxidation sites excluding steroid dienone is 2.